The third-order valence-corrected chi connectivity index (χ3v) is 2.88. The SMILES string of the molecule is Cc1cn(C2CCOC2C)c(=S)[nH]1. The van der Waals surface area contributed by atoms with Crippen molar-refractivity contribution in [2.75, 3.05) is 6.61 Å². The Labute approximate surface area is 82.7 Å². The highest BCUT2D eigenvalue weighted by atomic mass is 32.1. The van der Waals surface area contributed by atoms with Crippen molar-refractivity contribution in [3.05, 3.63) is 16.7 Å². The Balaban J connectivity index is 2.34. The fraction of sp³-hybridized carbons (Fsp3) is 0.667. The molecule has 1 N–H and O–H groups in total. The fourth-order valence-corrected chi connectivity index (χ4v) is 2.21. The summed E-state index contributed by atoms with van der Waals surface area (Å²) in [6, 6.07) is 0.414. The van der Waals surface area contributed by atoms with Crippen molar-refractivity contribution in [1.29, 1.82) is 0 Å². The van der Waals surface area contributed by atoms with Crippen molar-refractivity contribution in [1.82, 2.24) is 9.55 Å². The van der Waals surface area contributed by atoms with Crippen LogP contribution < -0.4 is 0 Å². The van der Waals surface area contributed by atoms with Gasteiger partial charge in [-0.15, -0.1) is 0 Å². The van der Waals surface area contributed by atoms with E-state index in [-0.39, 0.29) is 6.10 Å². The standard InChI is InChI=1S/C9H14N2OS/c1-6-5-11(9(13)10-6)8-3-4-12-7(8)2/h5,7-8H,3-4H2,1-2H3,(H,10,13). The van der Waals surface area contributed by atoms with E-state index in [4.69, 9.17) is 17.0 Å². The molecule has 1 aliphatic rings. The van der Waals surface area contributed by atoms with Gasteiger partial charge in [-0.05, 0) is 32.5 Å². The molecular weight excluding hydrogens is 184 g/mol. The minimum absolute atomic E-state index is 0.280. The second kappa shape index (κ2) is 3.27. The topological polar surface area (TPSA) is 29.9 Å². The molecule has 0 amide bonds. The minimum Gasteiger partial charge on any atom is -0.376 e. The van der Waals surface area contributed by atoms with Crippen LogP contribution in [0, 0.1) is 11.7 Å². The molecule has 0 aromatic carbocycles. The van der Waals surface area contributed by atoms with Crippen LogP contribution in [-0.4, -0.2) is 22.3 Å². The van der Waals surface area contributed by atoms with Gasteiger partial charge in [-0.25, -0.2) is 0 Å². The Morgan fingerprint density at radius 3 is 2.92 bits per heavy atom. The molecule has 2 heterocycles. The van der Waals surface area contributed by atoms with Crippen LogP contribution in [0.5, 0.6) is 0 Å². The van der Waals surface area contributed by atoms with Gasteiger partial charge in [0.15, 0.2) is 4.77 Å². The summed E-state index contributed by atoms with van der Waals surface area (Å²) in [4.78, 5) is 3.13. The summed E-state index contributed by atoms with van der Waals surface area (Å²) in [5.41, 5.74) is 1.11. The molecule has 72 valence electrons. The summed E-state index contributed by atoms with van der Waals surface area (Å²) in [6.07, 6.45) is 3.41. The number of nitrogens with zero attached hydrogens (tertiary/aromatic N) is 1. The van der Waals surface area contributed by atoms with E-state index < -0.39 is 0 Å². The number of H-pyrrole nitrogens is 1. The van der Waals surface area contributed by atoms with Crippen molar-refractivity contribution in [2.45, 2.75) is 32.4 Å². The molecule has 1 aromatic rings. The lowest BCUT2D eigenvalue weighted by Crippen LogP contribution is -2.16. The molecule has 2 rings (SSSR count). The van der Waals surface area contributed by atoms with Crippen molar-refractivity contribution >= 4 is 12.2 Å². The Hall–Kier alpha value is -0.610. The first-order chi connectivity index (χ1) is 6.18. The summed E-state index contributed by atoms with van der Waals surface area (Å²) in [5, 5.41) is 0. The summed E-state index contributed by atoms with van der Waals surface area (Å²) in [7, 11) is 0. The normalized spacial score (nSPS) is 28.2. The molecule has 1 aromatic heterocycles. The maximum absolute atomic E-state index is 5.50. The zero-order valence-electron chi connectivity index (χ0n) is 7.91. The maximum atomic E-state index is 5.50. The highest BCUT2D eigenvalue weighted by molar-refractivity contribution is 7.71. The van der Waals surface area contributed by atoms with Gasteiger partial charge in [0, 0.05) is 18.5 Å². The first kappa shape index (κ1) is 8.97. The number of imidazole rings is 1. The number of hydrogen-bond donors (Lipinski definition) is 1. The molecule has 4 heteroatoms. The molecule has 0 saturated carbocycles. The van der Waals surface area contributed by atoms with E-state index in [1.165, 1.54) is 0 Å². The van der Waals surface area contributed by atoms with Crippen LogP contribution >= 0.6 is 12.2 Å². The average molecular weight is 198 g/mol. The highest BCUT2D eigenvalue weighted by Gasteiger charge is 2.26. The lowest BCUT2D eigenvalue weighted by atomic mass is 10.1. The third kappa shape index (κ3) is 1.56. The maximum Gasteiger partial charge on any atom is 0.177 e. The number of nitrogens with one attached hydrogen (secondary N) is 1. The van der Waals surface area contributed by atoms with E-state index in [0.717, 1.165) is 23.5 Å². The molecule has 13 heavy (non-hydrogen) atoms. The minimum atomic E-state index is 0.280. The van der Waals surface area contributed by atoms with Crippen molar-refractivity contribution in [3.63, 3.8) is 0 Å². The molecule has 0 radical (unpaired) electrons. The van der Waals surface area contributed by atoms with E-state index in [1.54, 1.807) is 0 Å². The lowest BCUT2D eigenvalue weighted by molar-refractivity contribution is 0.107. The van der Waals surface area contributed by atoms with Gasteiger partial charge in [0.05, 0.1) is 12.1 Å². The average Bonchev–Trinajstić information content (AvgIpc) is 2.58. The van der Waals surface area contributed by atoms with Gasteiger partial charge < -0.3 is 14.3 Å². The predicted octanol–water partition coefficient (Wildman–Crippen LogP) is 2.20. The summed E-state index contributed by atoms with van der Waals surface area (Å²) in [5.74, 6) is 0. The fourth-order valence-electron chi connectivity index (χ4n) is 1.86. The molecular formula is C9H14N2OS. The quantitative estimate of drug-likeness (QED) is 0.701. The Morgan fingerprint density at radius 2 is 2.46 bits per heavy atom. The van der Waals surface area contributed by atoms with E-state index in [1.807, 2.05) is 6.92 Å². The number of hydrogen-bond acceptors (Lipinski definition) is 2. The van der Waals surface area contributed by atoms with Gasteiger partial charge in [0.2, 0.25) is 0 Å². The number of rotatable bonds is 1. The summed E-state index contributed by atoms with van der Waals surface area (Å²) >= 11 is 5.21. The molecule has 0 spiro atoms. The Morgan fingerprint density at radius 1 is 1.69 bits per heavy atom. The summed E-state index contributed by atoms with van der Waals surface area (Å²) < 4.78 is 8.42. The third-order valence-electron chi connectivity index (χ3n) is 2.56. The largest absolute Gasteiger partial charge is 0.376 e. The smallest absolute Gasteiger partial charge is 0.177 e. The number of aromatic nitrogens is 2. The lowest BCUT2D eigenvalue weighted by Gasteiger charge is -2.14. The molecule has 2 unspecified atom stereocenters. The zero-order chi connectivity index (χ0) is 9.42. The number of aryl methyl sites for hydroxylation is 1. The molecule has 0 aliphatic carbocycles. The van der Waals surface area contributed by atoms with E-state index >= 15 is 0 Å². The van der Waals surface area contributed by atoms with Gasteiger partial charge in [-0.1, -0.05) is 0 Å². The van der Waals surface area contributed by atoms with Gasteiger partial charge in [0.1, 0.15) is 0 Å². The van der Waals surface area contributed by atoms with Crippen molar-refractivity contribution in [3.8, 4) is 0 Å². The van der Waals surface area contributed by atoms with Gasteiger partial charge >= 0.3 is 0 Å². The van der Waals surface area contributed by atoms with Crippen LogP contribution in [0.15, 0.2) is 6.20 Å². The first-order valence-electron chi connectivity index (χ1n) is 4.58. The number of ether oxygens (including phenoxy) is 1. The molecule has 2 atom stereocenters. The van der Waals surface area contributed by atoms with Crippen LogP contribution in [0.25, 0.3) is 0 Å². The van der Waals surface area contributed by atoms with E-state index in [9.17, 15) is 0 Å². The second-order valence-electron chi connectivity index (χ2n) is 3.58. The summed E-state index contributed by atoms with van der Waals surface area (Å²) in [6.45, 7) is 4.96. The van der Waals surface area contributed by atoms with Crippen LogP contribution in [0.4, 0.5) is 0 Å². The van der Waals surface area contributed by atoms with Crippen LogP contribution in [0.1, 0.15) is 25.1 Å². The van der Waals surface area contributed by atoms with E-state index in [2.05, 4.69) is 22.7 Å². The predicted molar refractivity (Wildman–Crippen MR) is 53.4 cm³/mol. The Kier molecular flexibility index (Phi) is 2.26. The van der Waals surface area contributed by atoms with Crippen LogP contribution in [0.3, 0.4) is 0 Å². The highest BCUT2D eigenvalue weighted by Crippen LogP contribution is 2.26. The molecule has 1 saturated heterocycles. The van der Waals surface area contributed by atoms with Gasteiger partial charge in [-0.2, -0.15) is 0 Å². The first-order valence-corrected chi connectivity index (χ1v) is 4.98. The zero-order valence-corrected chi connectivity index (χ0v) is 8.73. The molecule has 0 bridgehead atoms. The number of aromatic amines is 1. The van der Waals surface area contributed by atoms with Crippen LogP contribution in [0.2, 0.25) is 0 Å². The van der Waals surface area contributed by atoms with Crippen molar-refractivity contribution < 1.29 is 4.74 Å². The molecule has 1 aliphatic heterocycles. The monoisotopic (exact) mass is 198 g/mol. The Bertz CT molecular complexity index is 355. The van der Waals surface area contributed by atoms with Gasteiger partial charge in [0.25, 0.3) is 0 Å². The molecule has 1 fully saturated rings. The van der Waals surface area contributed by atoms with Crippen LogP contribution in [-0.2, 0) is 4.74 Å². The molecule has 3 nitrogen and oxygen atoms in total. The van der Waals surface area contributed by atoms with E-state index in [0.29, 0.717) is 6.04 Å². The second-order valence-corrected chi connectivity index (χ2v) is 3.97. The van der Waals surface area contributed by atoms with Crippen molar-refractivity contribution in [2.24, 2.45) is 0 Å². The van der Waals surface area contributed by atoms with Gasteiger partial charge in [-0.3, -0.25) is 0 Å².